The van der Waals surface area contributed by atoms with Crippen molar-refractivity contribution in [2.75, 3.05) is 26.7 Å². The minimum atomic E-state index is -4.62. The molecule has 4 nitrogen and oxygen atoms in total. The molecule has 1 fully saturated rings. The molecule has 1 N–H and O–H groups in total. The summed E-state index contributed by atoms with van der Waals surface area (Å²) in [5.74, 6) is 0.143. The molecular formula is C13H16ClF3N2O2S. The maximum Gasteiger partial charge on any atom is 0.416 e. The van der Waals surface area contributed by atoms with Crippen LogP contribution in [0.5, 0.6) is 0 Å². The number of nitrogens with zero attached hydrogens (tertiary/aromatic N) is 1. The highest BCUT2D eigenvalue weighted by molar-refractivity contribution is 7.89. The van der Waals surface area contributed by atoms with Gasteiger partial charge in [0, 0.05) is 13.1 Å². The van der Waals surface area contributed by atoms with Crippen molar-refractivity contribution < 1.29 is 21.6 Å². The minimum absolute atomic E-state index is 0.143. The first-order valence-corrected chi connectivity index (χ1v) is 8.49. The molecule has 0 spiro atoms. The van der Waals surface area contributed by atoms with E-state index in [2.05, 4.69) is 5.32 Å². The molecule has 1 atom stereocenters. The average molecular weight is 357 g/mol. The molecule has 124 valence electrons. The zero-order valence-electron chi connectivity index (χ0n) is 11.8. The van der Waals surface area contributed by atoms with E-state index in [0.29, 0.717) is 19.0 Å². The van der Waals surface area contributed by atoms with Gasteiger partial charge in [-0.15, -0.1) is 0 Å². The van der Waals surface area contributed by atoms with E-state index in [1.807, 2.05) is 0 Å². The first-order valence-electron chi connectivity index (χ1n) is 6.67. The molecule has 0 radical (unpaired) electrons. The van der Waals surface area contributed by atoms with E-state index in [-0.39, 0.29) is 24.0 Å². The summed E-state index contributed by atoms with van der Waals surface area (Å²) < 4.78 is 64.6. The highest BCUT2D eigenvalue weighted by Gasteiger charge is 2.36. The van der Waals surface area contributed by atoms with Gasteiger partial charge in [0.2, 0.25) is 10.0 Å². The van der Waals surface area contributed by atoms with Crippen LogP contribution in [0.2, 0.25) is 5.02 Å². The lowest BCUT2D eigenvalue weighted by Gasteiger charge is -2.18. The van der Waals surface area contributed by atoms with Gasteiger partial charge in [-0.05, 0) is 44.1 Å². The van der Waals surface area contributed by atoms with Gasteiger partial charge in [0.1, 0.15) is 4.90 Å². The first-order chi connectivity index (χ1) is 10.2. The summed E-state index contributed by atoms with van der Waals surface area (Å²) >= 11 is 5.82. The van der Waals surface area contributed by atoms with Crippen molar-refractivity contribution in [1.82, 2.24) is 9.62 Å². The SMILES string of the molecule is CNC[C@@H]1CCN(S(=O)(=O)c2cc(C(F)(F)F)ccc2Cl)C1. The summed E-state index contributed by atoms with van der Waals surface area (Å²) in [6.07, 6.45) is -3.95. The Morgan fingerprint density at radius 1 is 1.41 bits per heavy atom. The molecule has 2 rings (SSSR count). The number of benzene rings is 1. The average Bonchev–Trinajstić information content (AvgIpc) is 2.87. The molecule has 0 amide bonds. The highest BCUT2D eigenvalue weighted by atomic mass is 35.5. The first kappa shape index (κ1) is 17.5. The fourth-order valence-corrected chi connectivity index (χ4v) is 4.52. The molecule has 0 bridgehead atoms. The quantitative estimate of drug-likeness (QED) is 0.902. The Balaban J connectivity index is 2.34. The van der Waals surface area contributed by atoms with Crippen LogP contribution in [0.4, 0.5) is 13.2 Å². The van der Waals surface area contributed by atoms with Crippen molar-refractivity contribution in [2.45, 2.75) is 17.5 Å². The molecule has 0 unspecified atom stereocenters. The second-order valence-corrected chi connectivity index (χ2v) is 7.53. The van der Waals surface area contributed by atoms with E-state index in [1.54, 1.807) is 7.05 Å². The van der Waals surface area contributed by atoms with Crippen LogP contribution in [0.25, 0.3) is 0 Å². The zero-order valence-corrected chi connectivity index (χ0v) is 13.4. The van der Waals surface area contributed by atoms with Crippen LogP contribution in [0, 0.1) is 5.92 Å². The Bertz CT molecular complexity index is 649. The van der Waals surface area contributed by atoms with Crippen molar-refractivity contribution in [2.24, 2.45) is 5.92 Å². The van der Waals surface area contributed by atoms with E-state index < -0.39 is 26.7 Å². The third kappa shape index (κ3) is 3.56. The standard InChI is InChI=1S/C13H16ClF3N2O2S/c1-18-7-9-4-5-19(8-9)22(20,21)12-6-10(13(15,16)17)2-3-11(12)14/h2-3,6,9,18H,4-5,7-8H2,1H3/t9-/m0/s1. The molecule has 1 saturated heterocycles. The molecule has 0 saturated carbocycles. The molecule has 1 heterocycles. The molecule has 1 aliphatic heterocycles. The number of sulfonamides is 1. The Labute approximate surface area is 132 Å². The van der Waals surface area contributed by atoms with Gasteiger partial charge >= 0.3 is 6.18 Å². The molecule has 1 aromatic rings. The van der Waals surface area contributed by atoms with Gasteiger partial charge in [0.05, 0.1) is 10.6 Å². The number of nitrogens with one attached hydrogen (secondary N) is 1. The van der Waals surface area contributed by atoms with Crippen molar-refractivity contribution in [3.05, 3.63) is 28.8 Å². The van der Waals surface area contributed by atoms with Gasteiger partial charge in [-0.1, -0.05) is 11.6 Å². The van der Waals surface area contributed by atoms with Gasteiger partial charge in [0.15, 0.2) is 0 Å². The van der Waals surface area contributed by atoms with Gasteiger partial charge < -0.3 is 5.32 Å². The predicted octanol–water partition coefficient (Wildman–Crippen LogP) is 2.59. The van der Waals surface area contributed by atoms with Gasteiger partial charge in [0.25, 0.3) is 0 Å². The summed E-state index contributed by atoms with van der Waals surface area (Å²) in [5, 5.41) is 2.76. The second-order valence-electron chi connectivity index (χ2n) is 5.22. The molecule has 1 aliphatic rings. The van der Waals surface area contributed by atoms with Crippen LogP contribution in [0.1, 0.15) is 12.0 Å². The molecule has 22 heavy (non-hydrogen) atoms. The lowest BCUT2D eigenvalue weighted by molar-refractivity contribution is -0.137. The molecule has 0 aliphatic carbocycles. The van der Waals surface area contributed by atoms with Crippen molar-refractivity contribution in [3.63, 3.8) is 0 Å². The van der Waals surface area contributed by atoms with Crippen LogP contribution in [0.3, 0.4) is 0 Å². The maximum atomic E-state index is 12.8. The Morgan fingerprint density at radius 3 is 2.68 bits per heavy atom. The van der Waals surface area contributed by atoms with Gasteiger partial charge in [-0.25, -0.2) is 8.42 Å². The fraction of sp³-hybridized carbons (Fsp3) is 0.538. The van der Waals surface area contributed by atoms with Crippen LogP contribution < -0.4 is 5.32 Å². The summed E-state index contributed by atoms with van der Waals surface area (Å²) in [4.78, 5) is -0.492. The van der Waals surface area contributed by atoms with Gasteiger partial charge in [-0.2, -0.15) is 17.5 Å². The third-order valence-electron chi connectivity index (χ3n) is 3.62. The van der Waals surface area contributed by atoms with Crippen LogP contribution >= 0.6 is 11.6 Å². The largest absolute Gasteiger partial charge is 0.416 e. The summed E-state index contributed by atoms with van der Waals surface area (Å²) in [7, 11) is -2.27. The van der Waals surface area contributed by atoms with Crippen molar-refractivity contribution in [3.8, 4) is 0 Å². The lowest BCUT2D eigenvalue weighted by Crippen LogP contribution is -2.30. The summed E-state index contributed by atoms with van der Waals surface area (Å²) in [6.45, 7) is 1.21. The predicted molar refractivity (Wildman–Crippen MR) is 77.2 cm³/mol. The van der Waals surface area contributed by atoms with E-state index in [9.17, 15) is 21.6 Å². The second kappa shape index (κ2) is 6.35. The molecule has 9 heteroatoms. The van der Waals surface area contributed by atoms with Gasteiger partial charge in [-0.3, -0.25) is 0 Å². The topological polar surface area (TPSA) is 49.4 Å². The summed E-state index contributed by atoms with van der Waals surface area (Å²) in [5.41, 5.74) is -1.03. The van der Waals surface area contributed by atoms with Crippen LogP contribution in [-0.2, 0) is 16.2 Å². The fourth-order valence-electron chi connectivity index (χ4n) is 2.49. The maximum absolute atomic E-state index is 12.8. The number of alkyl halides is 3. The number of hydrogen-bond acceptors (Lipinski definition) is 3. The summed E-state index contributed by atoms with van der Waals surface area (Å²) in [6, 6.07) is 2.34. The normalized spacial score (nSPS) is 20.5. The molecular weight excluding hydrogens is 341 g/mol. The van der Waals surface area contributed by atoms with E-state index in [1.165, 1.54) is 4.31 Å². The van der Waals surface area contributed by atoms with E-state index in [0.717, 1.165) is 12.1 Å². The van der Waals surface area contributed by atoms with Crippen LogP contribution in [0.15, 0.2) is 23.1 Å². The van der Waals surface area contributed by atoms with Crippen molar-refractivity contribution >= 4 is 21.6 Å². The molecule has 1 aromatic carbocycles. The molecule has 0 aromatic heterocycles. The van der Waals surface area contributed by atoms with E-state index in [4.69, 9.17) is 11.6 Å². The Hall–Kier alpha value is -0.830. The monoisotopic (exact) mass is 356 g/mol. The third-order valence-corrected chi connectivity index (χ3v) is 5.96. The van der Waals surface area contributed by atoms with Crippen LogP contribution in [-0.4, -0.2) is 39.4 Å². The van der Waals surface area contributed by atoms with Crippen molar-refractivity contribution in [1.29, 1.82) is 0 Å². The number of hydrogen-bond donors (Lipinski definition) is 1. The lowest BCUT2D eigenvalue weighted by atomic mass is 10.1. The Kier molecular flexibility index (Phi) is 5.06. The van der Waals surface area contributed by atoms with E-state index >= 15 is 0 Å². The Morgan fingerprint density at radius 2 is 2.09 bits per heavy atom. The number of halogens is 4. The zero-order chi connectivity index (χ0) is 16.5. The smallest absolute Gasteiger partial charge is 0.319 e. The highest BCUT2D eigenvalue weighted by Crippen LogP contribution is 2.35. The number of rotatable bonds is 4. The minimum Gasteiger partial charge on any atom is -0.319 e.